The van der Waals surface area contributed by atoms with Gasteiger partial charge in [0.15, 0.2) is 0 Å². The van der Waals surface area contributed by atoms with Crippen LogP contribution < -0.4 is 4.84 Å². The zero-order valence-electron chi connectivity index (χ0n) is 14.0. The number of quaternary nitrogens is 1. The first-order chi connectivity index (χ1) is 11.4. The number of fused-ring (bicyclic) bond motifs is 1. The number of hydrogen-bond acceptors (Lipinski definition) is 2. The van der Waals surface area contributed by atoms with Crippen LogP contribution in [0, 0.1) is 0 Å². The molecule has 0 aliphatic rings. The highest BCUT2D eigenvalue weighted by Gasteiger charge is 2.22. The van der Waals surface area contributed by atoms with Gasteiger partial charge in [-0.25, -0.2) is 0 Å². The van der Waals surface area contributed by atoms with Crippen molar-refractivity contribution in [2.45, 2.75) is 6.92 Å². The van der Waals surface area contributed by atoms with Crippen molar-refractivity contribution in [1.82, 2.24) is 4.57 Å². The van der Waals surface area contributed by atoms with Crippen molar-refractivity contribution < 1.29 is 14.3 Å². The second kappa shape index (κ2) is 6.42. The minimum atomic E-state index is -0.0698. The molecular formula is C19H20BrN2O2+. The Labute approximate surface area is 149 Å². The molecule has 0 bridgehead atoms. The predicted molar refractivity (Wildman–Crippen MR) is 99.1 cm³/mol. The fourth-order valence-corrected chi connectivity index (χ4v) is 2.82. The largest absolute Gasteiger partial charge is 0.313 e. The van der Waals surface area contributed by atoms with E-state index in [4.69, 9.17) is 4.84 Å². The van der Waals surface area contributed by atoms with Crippen LogP contribution in [0.25, 0.3) is 10.9 Å². The van der Waals surface area contributed by atoms with E-state index < -0.39 is 0 Å². The summed E-state index contributed by atoms with van der Waals surface area (Å²) in [6, 6.07) is 15.1. The first-order valence-corrected chi connectivity index (χ1v) is 8.63. The lowest BCUT2D eigenvalue weighted by Crippen LogP contribution is -2.42. The van der Waals surface area contributed by atoms with Crippen LogP contribution in [0.4, 0.5) is 0 Å². The molecule has 3 aromatic rings. The van der Waals surface area contributed by atoms with Crippen LogP contribution in [0.2, 0.25) is 0 Å². The zero-order chi connectivity index (χ0) is 17.3. The third kappa shape index (κ3) is 3.23. The smallest absolute Gasteiger partial charge is 0.262 e. The fraction of sp³-hybridized carbons (Fsp3) is 0.211. The van der Waals surface area contributed by atoms with E-state index in [1.165, 1.54) is 0 Å². The quantitative estimate of drug-likeness (QED) is 0.488. The molecule has 4 nitrogen and oxygen atoms in total. The topological polar surface area (TPSA) is 31.2 Å². The van der Waals surface area contributed by atoms with Crippen LogP contribution in [0.15, 0.2) is 59.2 Å². The molecule has 5 heteroatoms. The van der Waals surface area contributed by atoms with Crippen molar-refractivity contribution in [2.75, 3.05) is 20.6 Å². The van der Waals surface area contributed by atoms with Crippen LogP contribution in [0.3, 0.4) is 0 Å². The normalized spacial score (nSPS) is 11.7. The Morgan fingerprint density at radius 2 is 1.88 bits per heavy atom. The van der Waals surface area contributed by atoms with Crippen LogP contribution >= 0.6 is 15.9 Å². The second-order valence-corrected chi connectivity index (χ2v) is 7.09. The maximum atomic E-state index is 12.9. The van der Waals surface area contributed by atoms with Crippen LogP contribution in [0.5, 0.6) is 5.75 Å². The molecule has 3 rings (SSSR count). The number of benzene rings is 2. The maximum absolute atomic E-state index is 12.9. The van der Waals surface area contributed by atoms with Crippen molar-refractivity contribution in [1.29, 1.82) is 0 Å². The SMILES string of the molecule is CC[N+](C)(C)Oc1cn(C(=O)c2ccccc2)c2ccc(Br)cc12. The van der Waals surface area contributed by atoms with E-state index in [0.717, 1.165) is 21.9 Å². The standard InChI is InChI=1S/C19H20BrN2O2/c1-4-22(2,3)24-18-13-21(17-11-10-15(20)12-16(17)18)19(23)14-8-6-5-7-9-14/h5-13H,4H2,1-3H3/q+1. The number of hydrogen-bond donors (Lipinski definition) is 0. The molecule has 0 fully saturated rings. The van der Waals surface area contributed by atoms with E-state index in [0.29, 0.717) is 16.0 Å². The molecule has 1 heterocycles. The lowest BCUT2D eigenvalue weighted by atomic mass is 10.2. The molecule has 0 saturated carbocycles. The molecule has 1 aromatic heterocycles. The summed E-state index contributed by atoms with van der Waals surface area (Å²) in [6.45, 7) is 2.87. The van der Waals surface area contributed by atoms with Gasteiger partial charge in [0.05, 0.1) is 17.1 Å². The molecule has 0 amide bonds. The molecule has 0 saturated heterocycles. The number of rotatable bonds is 4. The third-order valence-corrected chi connectivity index (χ3v) is 4.57. The van der Waals surface area contributed by atoms with Gasteiger partial charge >= 0.3 is 0 Å². The van der Waals surface area contributed by atoms with Gasteiger partial charge in [-0.05, 0) is 37.3 Å². The average Bonchev–Trinajstić information content (AvgIpc) is 2.92. The lowest BCUT2D eigenvalue weighted by molar-refractivity contribution is -1.05. The maximum Gasteiger partial charge on any atom is 0.262 e. The van der Waals surface area contributed by atoms with Crippen LogP contribution in [-0.2, 0) is 0 Å². The van der Waals surface area contributed by atoms with Crippen molar-refractivity contribution in [2.24, 2.45) is 0 Å². The minimum Gasteiger partial charge on any atom is -0.313 e. The number of nitrogens with zero attached hydrogens (tertiary/aromatic N) is 2. The fourth-order valence-electron chi connectivity index (χ4n) is 2.46. The van der Waals surface area contributed by atoms with Gasteiger partial charge in [-0.1, -0.05) is 34.1 Å². The molecule has 0 radical (unpaired) electrons. The van der Waals surface area contributed by atoms with E-state index in [9.17, 15) is 4.79 Å². The number of halogens is 1. The van der Waals surface area contributed by atoms with Gasteiger partial charge in [0.2, 0.25) is 5.75 Å². The van der Waals surface area contributed by atoms with Gasteiger partial charge in [-0.15, -0.1) is 4.65 Å². The zero-order valence-corrected chi connectivity index (χ0v) is 15.6. The summed E-state index contributed by atoms with van der Waals surface area (Å²) in [5, 5.41) is 0.910. The van der Waals surface area contributed by atoms with Crippen LogP contribution in [0.1, 0.15) is 17.3 Å². The molecule has 0 aliphatic heterocycles. The summed E-state index contributed by atoms with van der Waals surface area (Å²) in [5.41, 5.74) is 1.48. The number of carbonyl (C=O) groups excluding carboxylic acids is 1. The van der Waals surface area contributed by atoms with Crippen molar-refractivity contribution >= 4 is 32.7 Å². The third-order valence-electron chi connectivity index (χ3n) is 4.08. The Morgan fingerprint density at radius 3 is 2.54 bits per heavy atom. The van der Waals surface area contributed by atoms with Gasteiger partial charge < -0.3 is 4.84 Å². The molecule has 0 unspecified atom stereocenters. The Balaban J connectivity index is 2.14. The Morgan fingerprint density at radius 1 is 1.17 bits per heavy atom. The Bertz CT molecular complexity index is 885. The Kier molecular flexibility index (Phi) is 4.47. The van der Waals surface area contributed by atoms with Crippen LogP contribution in [-0.4, -0.2) is 35.8 Å². The van der Waals surface area contributed by atoms with Crippen molar-refractivity contribution in [3.05, 3.63) is 64.8 Å². The Hall–Kier alpha value is -2.11. The van der Waals surface area contributed by atoms with E-state index in [1.54, 1.807) is 10.8 Å². The van der Waals surface area contributed by atoms with Crippen molar-refractivity contribution in [3.63, 3.8) is 0 Å². The molecular weight excluding hydrogens is 368 g/mol. The molecule has 0 spiro atoms. The highest BCUT2D eigenvalue weighted by Crippen LogP contribution is 2.32. The number of aromatic nitrogens is 1. The van der Waals surface area contributed by atoms with Crippen molar-refractivity contribution in [3.8, 4) is 5.75 Å². The number of hydroxylamine groups is 3. The summed E-state index contributed by atoms with van der Waals surface area (Å²) < 4.78 is 2.99. The first-order valence-electron chi connectivity index (χ1n) is 7.84. The van der Waals surface area contributed by atoms with E-state index in [1.807, 2.05) is 62.6 Å². The first kappa shape index (κ1) is 16.7. The van der Waals surface area contributed by atoms with Gasteiger partial charge in [0.1, 0.15) is 20.6 Å². The summed E-state index contributed by atoms with van der Waals surface area (Å²) in [7, 11) is 3.97. The van der Waals surface area contributed by atoms with Gasteiger partial charge in [-0.2, -0.15) is 0 Å². The molecule has 0 N–H and O–H groups in total. The molecule has 2 aromatic carbocycles. The number of carbonyl (C=O) groups is 1. The molecule has 24 heavy (non-hydrogen) atoms. The second-order valence-electron chi connectivity index (χ2n) is 6.18. The highest BCUT2D eigenvalue weighted by atomic mass is 79.9. The molecule has 0 aliphatic carbocycles. The molecule has 124 valence electrons. The van der Waals surface area contributed by atoms with Gasteiger partial charge in [0, 0.05) is 10.0 Å². The average molecular weight is 388 g/mol. The monoisotopic (exact) mass is 387 g/mol. The van der Waals surface area contributed by atoms with E-state index in [-0.39, 0.29) is 5.91 Å². The predicted octanol–water partition coefficient (Wildman–Crippen LogP) is 4.48. The summed E-state index contributed by atoms with van der Waals surface area (Å²) in [6.07, 6.45) is 1.78. The molecule has 0 atom stereocenters. The van der Waals surface area contributed by atoms with E-state index >= 15 is 0 Å². The van der Waals surface area contributed by atoms with E-state index in [2.05, 4.69) is 22.9 Å². The summed E-state index contributed by atoms with van der Waals surface area (Å²) in [5.74, 6) is 0.627. The minimum absolute atomic E-state index is 0.0698. The lowest BCUT2D eigenvalue weighted by Gasteiger charge is -2.25. The summed E-state index contributed by atoms with van der Waals surface area (Å²) in [4.78, 5) is 19.0. The highest BCUT2D eigenvalue weighted by molar-refractivity contribution is 9.10. The van der Waals surface area contributed by atoms with Gasteiger partial charge in [0.25, 0.3) is 5.91 Å². The summed E-state index contributed by atoms with van der Waals surface area (Å²) >= 11 is 3.50. The van der Waals surface area contributed by atoms with Gasteiger partial charge in [-0.3, -0.25) is 9.36 Å².